The lowest BCUT2D eigenvalue weighted by atomic mass is 9.94. The molecule has 2 aliphatic heterocycles. The first-order chi connectivity index (χ1) is 12.6. The monoisotopic (exact) mass is 434 g/mol. The molecule has 0 unspecified atom stereocenters. The van der Waals surface area contributed by atoms with E-state index in [-0.39, 0.29) is 12.1 Å². The van der Waals surface area contributed by atoms with Crippen LogP contribution in [0.25, 0.3) is 11.0 Å². The van der Waals surface area contributed by atoms with Gasteiger partial charge in [0.2, 0.25) is 0 Å². The van der Waals surface area contributed by atoms with Gasteiger partial charge in [-0.1, -0.05) is 21.1 Å². The maximum atomic E-state index is 12.9. The molecule has 0 saturated carbocycles. The number of fused-ring (bicyclic) bond motifs is 1. The summed E-state index contributed by atoms with van der Waals surface area (Å²) in [5.41, 5.74) is 1.64. The molecular weight excluding hydrogens is 412 g/mol. The summed E-state index contributed by atoms with van der Waals surface area (Å²) in [5.74, 6) is 0.735. The highest BCUT2D eigenvalue weighted by molar-refractivity contribution is 9.10. The van der Waals surface area contributed by atoms with Crippen LogP contribution in [0.2, 0.25) is 0 Å². The van der Waals surface area contributed by atoms with Crippen molar-refractivity contribution in [2.45, 2.75) is 57.8 Å². The molecule has 27 heavy (non-hydrogen) atoms. The molecule has 1 aromatic heterocycles. The van der Waals surface area contributed by atoms with Crippen molar-refractivity contribution in [1.29, 1.82) is 0 Å². The van der Waals surface area contributed by atoms with Crippen LogP contribution in [0, 0.1) is 0 Å². The SMILES string of the molecule is CC1=NO[C@]2(C1)C[C@H](c1nc3cc(Br)ccc3[nH]1)N(C(=O)OC(C)(C)C)C2. The van der Waals surface area contributed by atoms with Crippen LogP contribution in [0.3, 0.4) is 0 Å². The molecule has 7 nitrogen and oxygen atoms in total. The molecule has 3 heterocycles. The van der Waals surface area contributed by atoms with Crippen LogP contribution in [0.4, 0.5) is 4.79 Å². The van der Waals surface area contributed by atoms with Crippen molar-refractivity contribution >= 4 is 38.8 Å². The third-order valence-electron chi connectivity index (χ3n) is 4.78. The van der Waals surface area contributed by atoms with Crippen molar-refractivity contribution in [1.82, 2.24) is 14.9 Å². The Kier molecular flexibility index (Phi) is 4.21. The van der Waals surface area contributed by atoms with Gasteiger partial charge in [-0.3, -0.25) is 4.90 Å². The van der Waals surface area contributed by atoms with Crippen molar-refractivity contribution in [3.8, 4) is 0 Å². The molecule has 1 fully saturated rings. The molecule has 2 atom stereocenters. The van der Waals surface area contributed by atoms with Gasteiger partial charge < -0.3 is 14.6 Å². The van der Waals surface area contributed by atoms with E-state index in [1.165, 1.54) is 0 Å². The first-order valence-corrected chi connectivity index (χ1v) is 9.80. The van der Waals surface area contributed by atoms with E-state index in [1.54, 1.807) is 4.90 Å². The molecule has 4 rings (SSSR count). The Bertz CT molecular complexity index is 933. The number of aromatic amines is 1. The van der Waals surface area contributed by atoms with Gasteiger partial charge >= 0.3 is 6.09 Å². The molecule has 0 radical (unpaired) electrons. The zero-order valence-corrected chi connectivity index (χ0v) is 17.5. The van der Waals surface area contributed by atoms with Crippen molar-refractivity contribution in [2.75, 3.05) is 6.54 Å². The van der Waals surface area contributed by atoms with Crippen LogP contribution >= 0.6 is 15.9 Å². The van der Waals surface area contributed by atoms with Gasteiger partial charge in [-0.2, -0.15) is 0 Å². The van der Waals surface area contributed by atoms with Crippen molar-refractivity contribution in [3.63, 3.8) is 0 Å². The third-order valence-corrected chi connectivity index (χ3v) is 5.27. The summed E-state index contributed by atoms with van der Waals surface area (Å²) in [7, 11) is 0. The summed E-state index contributed by atoms with van der Waals surface area (Å²) in [6.07, 6.45) is 0.960. The highest BCUT2D eigenvalue weighted by Crippen LogP contribution is 2.44. The van der Waals surface area contributed by atoms with Crippen molar-refractivity contribution < 1.29 is 14.4 Å². The number of nitrogens with one attached hydrogen (secondary N) is 1. The minimum atomic E-state index is -0.570. The van der Waals surface area contributed by atoms with E-state index < -0.39 is 11.2 Å². The first kappa shape index (κ1) is 18.3. The minimum Gasteiger partial charge on any atom is -0.444 e. The number of carbonyl (C=O) groups excluding carboxylic acids is 1. The number of likely N-dealkylation sites (tertiary alicyclic amines) is 1. The summed E-state index contributed by atoms with van der Waals surface area (Å²) < 4.78 is 6.60. The zero-order valence-electron chi connectivity index (χ0n) is 15.9. The van der Waals surface area contributed by atoms with Gasteiger partial charge in [0.25, 0.3) is 0 Å². The topological polar surface area (TPSA) is 79.8 Å². The highest BCUT2D eigenvalue weighted by Gasteiger charge is 2.53. The second kappa shape index (κ2) is 6.22. The molecular formula is C19H23BrN4O3. The summed E-state index contributed by atoms with van der Waals surface area (Å²) in [6.45, 7) is 7.96. The number of H-pyrrole nitrogens is 1. The lowest BCUT2D eigenvalue weighted by molar-refractivity contribution is -0.0159. The number of benzene rings is 1. The maximum Gasteiger partial charge on any atom is 0.411 e. The molecule has 1 spiro atoms. The van der Waals surface area contributed by atoms with Crippen LogP contribution in [0.1, 0.15) is 52.4 Å². The third kappa shape index (κ3) is 3.54. The number of imidazole rings is 1. The van der Waals surface area contributed by atoms with Crippen LogP contribution in [0.5, 0.6) is 0 Å². The molecule has 1 aromatic carbocycles. The van der Waals surface area contributed by atoms with Crippen LogP contribution < -0.4 is 0 Å². The Morgan fingerprint density at radius 1 is 1.44 bits per heavy atom. The van der Waals surface area contributed by atoms with E-state index in [0.717, 1.165) is 27.0 Å². The van der Waals surface area contributed by atoms with Crippen molar-refractivity contribution in [2.24, 2.45) is 5.16 Å². The van der Waals surface area contributed by atoms with Crippen LogP contribution in [0.15, 0.2) is 27.8 Å². The lowest BCUT2D eigenvalue weighted by Crippen LogP contribution is -2.40. The average molecular weight is 435 g/mol. The number of aromatic nitrogens is 2. The van der Waals surface area contributed by atoms with E-state index in [4.69, 9.17) is 14.6 Å². The van der Waals surface area contributed by atoms with E-state index >= 15 is 0 Å². The molecule has 0 bridgehead atoms. The number of amides is 1. The fraction of sp³-hybridized carbons (Fsp3) is 0.526. The van der Waals surface area contributed by atoms with Gasteiger partial charge in [0, 0.05) is 17.3 Å². The highest BCUT2D eigenvalue weighted by atomic mass is 79.9. The van der Waals surface area contributed by atoms with E-state index in [2.05, 4.69) is 26.1 Å². The fourth-order valence-electron chi connectivity index (χ4n) is 3.76. The largest absolute Gasteiger partial charge is 0.444 e. The molecule has 2 aromatic rings. The fourth-order valence-corrected chi connectivity index (χ4v) is 4.11. The molecule has 1 N–H and O–H groups in total. The van der Waals surface area contributed by atoms with Gasteiger partial charge in [0.1, 0.15) is 11.4 Å². The number of halogens is 1. The number of rotatable bonds is 1. The minimum absolute atomic E-state index is 0.257. The van der Waals surface area contributed by atoms with Crippen molar-refractivity contribution in [3.05, 3.63) is 28.5 Å². The first-order valence-electron chi connectivity index (χ1n) is 9.01. The summed E-state index contributed by atoms with van der Waals surface area (Å²) in [6, 6.07) is 5.63. The van der Waals surface area contributed by atoms with Gasteiger partial charge in [-0.05, 0) is 45.9 Å². The summed E-state index contributed by atoms with van der Waals surface area (Å²) in [4.78, 5) is 28.5. The number of carbonyl (C=O) groups is 1. The average Bonchev–Trinajstić information content (AvgIpc) is 3.22. The maximum absolute atomic E-state index is 12.9. The Labute approximate surface area is 166 Å². The second-order valence-corrected chi connectivity index (χ2v) is 9.30. The number of hydrogen-bond donors (Lipinski definition) is 1. The van der Waals surface area contributed by atoms with Gasteiger partial charge in [0.05, 0.1) is 29.3 Å². The van der Waals surface area contributed by atoms with E-state index in [1.807, 2.05) is 45.9 Å². The smallest absolute Gasteiger partial charge is 0.411 e. The Hall–Kier alpha value is -2.09. The van der Waals surface area contributed by atoms with E-state index in [0.29, 0.717) is 19.4 Å². The number of hydrogen-bond acceptors (Lipinski definition) is 5. The second-order valence-electron chi connectivity index (χ2n) is 8.39. The molecule has 2 aliphatic rings. The number of oxime groups is 1. The molecule has 0 aliphatic carbocycles. The Morgan fingerprint density at radius 3 is 2.89 bits per heavy atom. The quantitative estimate of drug-likeness (QED) is 0.713. The molecule has 1 amide bonds. The Balaban J connectivity index is 1.68. The zero-order chi connectivity index (χ0) is 19.4. The van der Waals surface area contributed by atoms with Crippen LogP contribution in [-0.4, -0.2) is 44.4 Å². The predicted octanol–water partition coefficient (Wildman–Crippen LogP) is 4.54. The predicted molar refractivity (Wildman–Crippen MR) is 106 cm³/mol. The molecule has 8 heteroatoms. The van der Waals surface area contributed by atoms with E-state index in [9.17, 15) is 4.79 Å². The Morgan fingerprint density at radius 2 is 2.22 bits per heavy atom. The lowest BCUT2D eigenvalue weighted by Gasteiger charge is -2.27. The number of ether oxygens (including phenoxy) is 1. The summed E-state index contributed by atoms with van der Waals surface area (Å²) in [5, 5.41) is 4.12. The standard InChI is InChI=1S/C19H23BrN4O3/c1-11-8-19(27-23-11)9-15(24(10-19)17(25)26-18(2,3)4)16-21-13-6-5-12(20)7-14(13)22-16/h5-7,15H,8-10H2,1-4H3,(H,21,22)/t15-,19-/m1/s1. The number of nitrogens with zero attached hydrogens (tertiary/aromatic N) is 3. The van der Waals surface area contributed by atoms with Gasteiger partial charge in [0.15, 0.2) is 5.60 Å². The molecule has 1 saturated heterocycles. The normalized spacial score (nSPS) is 25.1. The van der Waals surface area contributed by atoms with Gasteiger partial charge in [-0.25, -0.2) is 9.78 Å². The summed E-state index contributed by atoms with van der Waals surface area (Å²) >= 11 is 3.48. The van der Waals surface area contributed by atoms with Gasteiger partial charge in [-0.15, -0.1) is 0 Å². The molecule has 144 valence electrons. The van der Waals surface area contributed by atoms with Crippen LogP contribution in [-0.2, 0) is 9.57 Å².